The van der Waals surface area contributed by atoms with Crippen LogP contribution in [-0.4, -0.2) is 11.2 Å². The van der Waals surface area contributed by atoms with Crippen LogP contribution in [0.5, 0.6) is 0 Å². The quantitative estimate of drug-likeness (QED) is 0.819. The lowest BCUT2D eigenvalue weighted by Crippen LogP contribution is -2.24. The Morgan fingerprint density at radius 1 is 1.24 bits per heavy atom. The molecule has 0 aromatic heterocycles. The van der Waals surface area contributed by atoms with E-state index in [0.29, 0.717) is 0 Å². The first-order valence-electron chi connectivity index (χ1n) is 6.48. The zero-order valence-electron chi connectivity index (χ0n) is 11.0. The zero-order valence-corrected chi connectivity index (χ0v) is 11.0. The molecule has 1 heteroatoms. The van der Waals surface area contributed by atoms with Crippen molar-refractivity contribution >= 4 is 5.57 Å². The molecule has 0 radical (unpaired) electrons. The van der Waals surface area contributed by atoms with Gasteiger partial charge in [0, 0.05) is 0 Å². The van der Waals surface area contributed by atoms with Crippen molar-refractivity contribution in [3.63, 3.8) is 0 Å². The maximum Gasteiger partial charge on any atom is 0.0732 e. The highest BCUT2D eigenvalue weighted by molar-refractivity contribution is 5.67. The fourth-order valence-electron chi connectivity index (χ4n) is 2.66. The van der Waals surface area contributed by atoms with Crippen LogP contribution in [0.3, 0.4) is 0 Å². The Bertz CT molecular complexity index is 412. The highest BCUT2D eigenvalue weighted by atomic mass is 16.3. The normalized spacial score (nSPS) is 23.3. The van der Waals surface area contributed by atoms with Crippen molar-refractivity contribution in [2.45, 2.75) is 46.1 Å². The van der Waals surface area contributed by atoms with Gasteiger partial charge in [-0.3, -0.25) is 0 Å². The number of benzene rings is 1. The van der Waals surface area contributed by atoms with E-state index in [0.717, 1.165) is 19.3 Å². The molecule has 1 unspecified atom stereocenters. The predicted octanol–water partition coefficient (Wildman–Crippen LogP) is 3.81. The summed E-state index contributed by atoms with van der Waals surface area (Å²) in [6.07, 6.45) is 4.72. The molecule has 0 spiro atoms. The molecule has 1 aliphatic rings. The van der Waals surface area contributed by atoms with Gasteiger partial charge in [0.1, 0.15) is 0 Å². The molecule has 0 saturated carbocycles. The summed E-state index contributed by atoms with van der Waals surface area (Å²) in [5, 5.41) is 9.90. The van der Waals surface area contributed by atoms with Crippen molar-refractivity contribution in [1.29, 1.82) is 0 Å². The average molecular weight is 230 g/mol. The molecule has 17 heavy (non-hydrogen) atoms. The molecule has 0 amide bonds. The standard InChI is InChI=1S/C16H22O/c1-4-12-5-7-13(8-6-12)14-9-15(17)11-16(2,3)10-14/h5-9,15,17H,4,10-11H2,1-3H3. The summed E-state index contributed by atoms with van der Waals surface area (Å²) < 4.78 is 0. The van der Waals surface area contributed by atoms with E-state index >= 15 is 0 Å². The van der Waals surface area contributed by atoms with E-state index in [4.69, 9.17) is 0 Å². The van der Waals surface area contributed by atoms with Gasteiger partial charge < -0.3 is 5.11 Å². The molecule has 0 heterocycles. The van der Waals surface area contributed by atoms with Gasteiger partial charge in [-0.25, -0.2) is 0 Å². The van der Waals surface area contributed by atoms with E-state index in [2.05, 4.69) is 45.0 Å². The fraction of sp³-hybridized carbons (Fsp3) is 0.500. The van der Waals surface area contributed by atoms with Gasteiger partial charge in [0.25, 0.3) is 0 Å². The molecule has 1 nitrogen and oxygen atoms in total. The van der Waals surface area contributed by atoms with E-state index in [1.54, 1.807) is 0 Å². The molecule has 0 fully saturated rings. The van der Waals surface area contributed by atoms with Gasteiger partial charge in [0.15, 0.2) is 0 Å². The zero-order chi connectivity index (χ0) is 12.5. The lowest BCUT2D eigenvalue weighted by atomic mass is 9.74. The molecule has 1 aliphatic carbocycles. The number of aryl methyl sites for hydroxylation is 1. The first kappa shape index (κ1) is 12.4. The van der Waals surface area contributed by atoms with Crippen LogP contribution in [0.4, 0.5) is 0 Å². The van der Waals surface area contributed by atoms with Crippen molar-refractivity contribution in [3.05, 3.63) is 41.5 Å². The number of hydrogen-bond donors (Lipinski definition) is 1. The number of hydrogen-bond acceptors (Lipinski definition) is 1. The van der Waals surface area contributed by atoms with Crippen molar-refractivity contribution < 1.29 is 5.11 Å². The minimum Gasteiger partial charge on any atom is -0.389 e. The third-order valence-electron chi connectivity index (χ3n) is 3.56. The van der Waals surface area contributed by atoms with Crippen LogP contribution in [-0.2, 0) is 6.42 Å². The van der Waals surface area contributed by atoms with Crippen LogP contribution >= 0.6 is 0 Å². The van der Waals surface area contributed by atoms with Gasteiger partial charge in [-0.05, 0) is 41.4 Å². The second-order valence-electron chi connectivity index (χ2n) is 5.85. The first-order chi connectivity index (χ1) is 8.00. The minimum absolute atomic E-state index is 0.201. The first-order valence-corrected chi connectivity index (χ1v) is 6.48. The van der Waals surface area contributed by atoms with Crippen LogP contribution in [0.1, 0.15) is 44.7 Å². The van der Waals surface area contributed by atoms with E-state index < -0.39 is 0 Å². The van der Waals surface area contributed by atoms with Crippen LogP contribution in [0.2, 0.25) is 0 Å². The Kier molecular flexibility index (Phi) is 3.39. The summed E-state index contributed by atoms with van der Waals surface area (Å²) >= 11 is 0. The largest absolute Gasteiger partial charge is 0.389 e. The summed E-state index contributed by atoms with van der Waals surface area (Å²) in [5.41, 5.74) is 4.11. The third-order valence-corrected chi connectivity index (χ3v) is 3.56. The van der Waals surface area contributed by atoms with Crippen molar-refractivity contribution in [1.82, 2.24) is 0 Å². The smallest absolute Gasteiger partial charge is 0.0732 e. The lowest BCUT2D eigenvalue weighted by Gasteiger charge is -2.32. The second kappa shape index (κ2) is 4.66. The number of aliphatic hydroxyl groups excluding tert-OH is 1. The molecule has 1 N–H and O–H groups in total. The molecule has 1 atom stereocenters. The third kappa shape index (κ3) is 2.98. The lowest BCUT2D eigenvalue weighted by molar-refractivity contribution is 0.146. The topological polar surface area (TPSA) is 20.2 Å². The number of allylic oxidation sites excluding steroid dienone is 1. The van der Waals surface area contributed by atoms with Gasteiger partial charge in [0.2, 0.25) is 0 Å². The molecule has 0 saturated heterocycles. The fourth-order valence-corrected chi connectivity index (χ4v) is 2.66. The number of rotatable bonds is 2. The monoisotopic (exact) mass is 230 g/mol. The molecular weight excluding hydrogens is 208 g/mol. The Balaban J connectivity index is 2.26. The van der Waals surface area contributed by atoms with Gasteiger partial charge in [-0.1, -0.05) is 51.1 Å². The van der Waals surface area contributed by atoms with E-state index in [1.165, 1.54) is 16.7 Å². The van der Waals surface area contributed by atoms with Gasteiger partial charge in [0.05, 0.1) is 6.10 Å². The average Bonchev–Trinajstić information content (AvgIpc) is 2.26. The Labute approximate surface area is 104 Å². The number of aliphatic hydroxyl groups is 1. The van der Waals surface area contributed by atoms with E-state index in [-0.39, 0.29) is 11.5 Å². The molecule has 0 aliphatic heterocycles. The Morgan fingerprint density at radius 2 is 1.88 bits per heavy atom. The van der Waals surface area contributed by atoms with Crippen molar-refractivity contribution in [3.8, 4) is 0 Å². The van der Waals surface area contributed by atoms with E-state index in [1.807, 2.05) is 6.08 Å². The van der Waals surface area contributed by atoms with Crippen LogP contribution in [0.25, 0.3) is 5.57 Å². The predicted molar refractivity (Wildman–Crippen MR) is 72.8 cm³/mol. The van der Waals surface area contributed by atoms with Crippen LogP contribution < -0.4 is 0 Å². The highest BCUT2D eigenvalue weighted by Gasteiger charge is 2.27. The van der Waals surface area contributed by atoms with Crippen molar-refractivity contribution in [2.75, 3.05) is 0 Å². The molecule has 2 rings (SSSR count). The van der Waals surface area contributed by atoms with Crippen LogP contribution in [0, 0.1) is 5.41 Å². The Morgan fingerprint density at radius 3 is 2.41 bits per heavy atom. The van der Waals surface area contributed by atoms with Gasteiger partial charge >= 0.3 is 0 Å². The summed E-state index contributed by atoms with van der Waals surface area (Å²) in [6.45, 7) is 6.62. The molecular formula is C16H22O. The maximum atomic E-state index is 9.90. The van der Waals surface area contributed by atoms with Crippen molar-refractivity contribution in [2.24, 2.45) is 5.41 Å². The SMILES string of the molecule is CCc1ccc(C2=CC(O)CC(C)(C)C2)cc1. The highest BCUT2D eigenvalue weighted by Crippen LogP contribution is 2.39. The van der Waals surface area contributed by atoms with E-state index in [9.17, 15) is 5.11 Å². The van der Waals surface area contributed by atoms with Crippen LogP contribution in [0.15, 0.2) is 30.3 Å². The molecule has 1 aromatic rings. The molecule has 1 aromatic carbocycles. The summed E-state index contributed by atoms with van der Waals surface area (Å²) in [5.74, 6) is 0. The Hall–Kier alpha value is -1.08. The second-order valence-corrected chi connectivity index (χ2v) is 5.85. The summed E-state index contributed by atoms with van der Waals surface area (Å²) in [6, 6.07) is 8.73. The minimum atomic E-state index is -0.292. The summed E-state index contributed by atoms with van der Waals surface area (Å²) in [4.78, 5) is 0. The summed E-state index contributed by atoms with van der Waals surface area (Å²) in [7, 11) is 0. The maximum absolute atomic E-state index is 9.90. The molecule has 92 valence electrons. The van der Waals surface area contributed by atoms with Gasteiger partial charge in [-0.15, -0.1) is 0 Å². The van der Waals surface area contributed by atoms with Gasteiger partial charge in [-0.2, -0.15) is 0 Å². The molecule has 0 bridgehead atoms.